The Kier molecular flexibility index (Phi) is 6.92. The van der Waals surface area contributed by atoms with Crippen molar-refractivity contribution >= 4 is 45.0 Å². The number of imide groups is 1. The Morgan fingerprint density at radius 1 is 1.10 bits per heavy atom. The number of nitrogens with one attached hydrogen (secondary N) is 1. The van der Waals surface area contributed by atoms with Crippen molar-refractivity contribution in [1.29, 1.82) is 0 Å². The standard InChI is InChI=1S/C20H23ClN2O5S/c1-14-10-16(23(18(24)13-21)19(25)28-20(2,3)4)12-17(11-14)29(26,27)22-15-8-6-5-7-9-15/h5-12,22H,13H2,1-4H3. The molecule has 2 rings (SSSR count). The molecular formula is C20H23ClN2O5S. The number of hydrogen-bond donors (Lipinski definition) is 1. The molecule has 0 saturated carbocycles. The lowest BCUT2D eigenvalue weighted by molar-refractivity contribution is -0.116. The second-order valence-corrected chi connectivity index (χ2v) is 9.27. The number of sulfonamides is 1. The van der Waals surface area contributed by atoms with Crippen molar-refractivity contribution in [2.24, 2.45) is 0 Å². The topological polar surface area (TPSA) is 92.8 Å². The highest BCUT2D eigenvalue weighted by Crippen LogP contribution is 2.26. The van der Waals surface area contributed by atoms with Gasteiger partial charge in [-0.1, -0.05) is 18.2 Å². The van der Waals surface area contributed by atoms with Gasteiger partial charge < -0.3 is 4.74 Å². The maximum atomic E-state index is 12.8. The molecule has 0 fully saturated rings. The van der Waals surface area contributed by atoms with E-state index in [0.29, 0.717) is 11.3 Å². The van der Waals surface area contributed by atoms with Gasteiger partial charge in [0.25, 0.3) is 15.9 Å². The van der Waals surface area contributed by atoms with E-state index < -0.39 is 33.5 Å². The highest BCUT2D eigenvalue weighted by Gasteiger charge is 2.29. The molecule has 29 heavy (non-hydrogen) atoms. The number of ether oxygens (including phenoxy) is 1. The van der Waals surface area contributed by atoms with E-state index in [0.717, 1.165) is 4.90 Å². The van der Waals surface area contributed by atoms with Gasteiger partial charge in [0.05, 0.1) is 10.6 Å². The van der Waals surface area contributed by atoms with Crippen LogP contribution in [0.5, 0.6) is 0 Å². The third-order valence-electron chi connectivity index (χ3n) is 3.57. The average molecular weight is 439 g/mol. The first-order valence-corrected chi connectivity index (χ1v) is 10.8. The van der Waals surface area contributed by atoms with Crippen LogP contribution < -0.4 is 9.62 Å². The zero-order valence-corrected chi connectivity index (χ0v) is 18.2. The lowest BCUT2D eigenvalue weighted by atomic mass is 10.2. The zero-order valence-electron chi connectivity index (χ0n) is 16.6. The average Bonchev–Trinajstić information content (AvgIpc) is 2.60. The molecule has 2 aromatic carbocycles. The minimum atomic E-state index is -3.96. The molecule has 2 amide bonds. The summed E-state index contributed by atoms with van der Waals surface area (Å²) in [6, 6.07) is 12.6. The number of anilines is 2. The number of para-hydroxylation sites is 1. The van der Waals surface area contributed by atoms with Crippen LogP contribution in [0.15, 0.2) is 53.4 Å². The molecule has 0 unspecified atom stereocenters. The molecule has 156 valence electrons. The molecule has 0 aliphatic rings. The van der Waals surface area contributed by atoms with E-state index in [1.807, 2.05) is 0 Å². The van der Waals surface area contributed by atoms with Gasteiger partial charge in [0, 0.05) is 5.69 Å². The fourth-order valence-electron chi connectivity index (χ4n) is 2.45. The minimum Gasteiger partial charge on any atom is -0.443 e. The summed E-state index contributed by atoms with van der Waals surface area (Å²) in [5.41, 5.74) is 0.122. The van der Waals surface area contributed by atoms with Crippen molar-refractivity contribution in [3.05, 3.63) is 54.1 Å². The molecule has 0 spiro atoms. The lowest BCUT2D eigenvalue weighted by Gasteiger charge is -2.26. The van der Waals surface area contributed by atoms with E-state index in [1.54, 1.807) is 58.0 Å². The first-order valence-electron chi connectivity index (χ1n) is 8.74. The van der Waals surface area contributed by atoms with E-state index in [-0.39, 0.29) is 10.6 Å². The van der Waals surface area contributed by atoms with Gasteiger partial charge in [-0.3, -0.25) is 9.52 Å². The molecule has 2 aromatic rings. The molecule has 1 N–H and O–H groups in total. The van der Waals surface area contributed by atoms with Crippen molar-refractivity contribution in [2.45, 2.75) is 38.2 Å². The molecule has 0 aliphatic carbocycles. The first kappa shape index (κ1) is 22.7. The molecule has 0 radical (unpaired) electrons. The van der Waals surface area contributed by atoms with Gasteiger partial charge in [0.15, 0.2) is 0 Å². The molecule has 7 nitrogen and oxygen atoms in total. The van der Waals surface area contributed by atoms with Crippen LogP contribution in [-0.4, -0.2) is 31.9 Å². The third-order valence-corrected chi connectivity index (χ3v) is 5.16. The molecule has 0 aromatic heterocycles. The van der Waals surface area contributed by atoms with E-state index in [1.165, 1.54) is 18.2 Å². The van der Waals surface area contributed by atoms with Crippen LogP contribution in [0.1, 0.15) is 26.3 Å². The van der Waals surface area contributed by atoms with E-state index in [4.69, 9.17) is 16.3 Å². The predicted molar refractivity (Wildman–Crippen MR) is 113 cm³/mol. The molecule has 0 heterocycles. The maximum absolute atomic E-state index is 12.8. The number of carbonyl (C=O) groups excluding carboxylic acids is 2. The maximum Gasteiger partial charge on any atom is 0.421 e. The number of aryl methyl sites for hydroxylation is 1. The fourth-order valence-corrected chi connectivity index (χ4v) is 3.75. The minimum absolute atomic E-state index is 0.0540. The van der Waals surface area contributed by atoms with Crippen LogP contribution in [0, 0.1) is 6.92 Å². The van der Waals surface area contributed by atoms with E-state index >= 15 is 0 Å². The van der Waals surface area contributed by atoms with Crippen molar-refractivity contribution in [3.63, 3.8) is 0 Å². The van der Waals surface area contributed by atoms with E-state index in [9.17, 15) is 18.0 Å². The summed E-state index contributed by atoms with van der Waals surface area (Å²) in [5.74, 6) is -1.21. The van der Waals surface area contributed by atoms with Crippen molar-refractivity contribution in [1.82, 2.24) is 0 Å². The molecule has 0 atom stereocenters. The number of nitrogens with zero attached hydrogens (tertiary/aromatic N) is 1. The number of halogens is 1. The third kappa shape index (κ3) is 6.20. The van der Waals surface area contributed by atoms with Crippen LogP contribution in [0.25, 0.3) is 0 Å². The monoisotopic (exact) mass is 438 g/mol. The van der Waals surface area contributed by atoms with Gasteiger partial charge >= 0.3 is 6.09 Å². The number of alkyl halides is 1. The summed E-state index contributed by atoms with van der Waals surface area (Å²) in [5, 5.41) is 0. The summed E-state index contributed by atoms with van der Waals surface area (Å²) in [6.45, 7) is 6.63. The summed E-state index contributed by atoms with van der Waals surface area (Å²) in [4.78, 5) is 25.6. The lowest BCUT2D eigenvalue weighted by Crippen LogP contribution is -2.41. The molecule has 0 aliphatic heterocycles. The van der Waals surface area contributed by atoms with Crippen LogP contribution in [0.4, 0.5) is 16.2 Å². The van der Waals surface area contributed by atoms with Gasteiger partial charge in [-0.25, -0.2) is 18.1 Å². The number of benzene rings is 2. The number of rotatable bonds is 5. The Bertz CT molecular complexity index is 1000. The Balaban J connectivity index is 2.48. The number of carbonyl (C=O) groups is 2. The molecular weight excluding hydrogens is 416 g/mol. The van der Waals surface area contributed by atoms with E-state index in [2.05, 4.69) is 4.72 Å². The first-order chi connectivity index (χ1) is 13.4. The SMILES string of the molecule is Cc1cc(N(C(=O)CCl)C(=O)OC(C)(C)C)cc(S(=O)(=O)Nc2ccccc2)c1. The van der Waals surface area contributed by atoms with Gasteiger partial charge in [-0.15, -0.1) is 11.6 Å². The molecule has 9 heteroatoms. The van der Waals surface area contributed by atoms with Gasteiger partial charge in [-0.2, -0.15) is 0 Å². The fraction of sp³-hybridized carbons (Fsp3) is 0.300. The smallest absolute Gasteiger partial charge is 0.421 e. The Labute approximate surface area is 175 Å². The largest absolute Gasteiger partial charge is 0.443 e. The second-order valence-electron chi connectivity index (χ2n) is 7.32. The van der Waals surface area contributed by atoms with Gasteiger partial charge in [0.1, 0.15) is 11.5 Å². The zero-order chi connectivity index (χ0) is 21.8. The Morgan fingerprint density at radius 2 is 1.72 bits per heavy atom. The van der Waals surface area contributed by atoms with Crippen LogP contribution >= 0.6 is 11.6 Å². The predicted octanol–water partition coefficient (Wildman–Crippen LogP) is 4.30. The van der Waals surface area contributed by atoms with Crippen LogP contribution in [0.2, 0.25) is 0 Å². The normalized spacial score (nSPS) is 11.6. The number of amides is 2. The highest BCUT2D eigenvalue weighted by molar-refractivity contribution is 7.92. The van der Waals surface area contributed by atoms with Crippen molar-refractivity contribution in [2.75, 3.05) is 15.5 Å². The highest BCUT2D eigenvalue weighted by atomic mass is 35.5. The number of hydrogen-bond acceptors (Lipinski definition) is 5. The molecule has 0 bridgehead atoms. The summed E-state index contributed by atoms with van der Waals surface area (Å²) >= 11 is 5.66. The van der Waals surface area contributed by atoms with Crippen molar-refractivity contribution < 1.29 is 22.7 Å². The van der Waals surface area contributed by atoms with Crippen LogP contribution in [-0.2, 0) is 19.6 Å². The van der Waals surface area contributed by atoms with Crippen LogP contribution in [0.3, 0.4) is 0 Å². The second kappa shape index (κ2) is 8.84. The Hall–Kier alpha value is -2.58. The van der Waals surface area contributed by atoms with Gasteiger partial charge in [0.2, 0.25) is 0 Å². The quantitative estimate of drug-likeness (QED) is 0.702. The van der Waals surface area contributed by atoms with Gasteiger partial charge in [-0.05, 0) is 63.6 Å². The summed E-state index contributed by atoms with van der Waals surface area (Å²) < 4.78 is 33.4. The van der Waals surface area contributed by atoms with Crippen molar-refractivity contribution in [3.8, 4) is 0 Å². The summed E-state index contributed by atoms with van der Waals surface area (Å²) in [7, 11) is -3.96. The summed E-state index contributed by atoms with van der Waals surface area (Å²) in [6.07, 6.45) is -0.937. The molecule has 0 saturated heterocycles. The Morgan fingerprint density at radius 3 is 2.28 bits per heavy atom.